The summed E-state index contributed by atoms with van der Waals surface area (Å²) in [6, 6.07) is 15.5. The fourth-order valence-electron chi connectivity index (χ4n) is 2.60. The lowest BCUT2D eigenvalue weighted by Crippen LogP contribution is -2.25. The predicted molar refractivity (Wildman–Crippen MR) is 97.6 cm³/mol. The molecule has 2 rings (SSSR count). The standard InChI is InChI=1S/C21H24FNO/c1-3-23(4-2)15-14-19(16-17-10-12-20(22)13-11-17)21(24)18-8-6-5-7-9-18/h5-13,16H,3-4,14-15H2,1-2H3/b19-16+. The van der Waals surface area contributed by atoms with E-state index in [-0.39, 0.29) is 11.6 Å². The highest BCUT2D eigenvalue weighted by Crippen LogP contribution is 2.17. The second kappa shape index (κ2) is 9.14. The molecule has 0 atom stereocenters. The molecular formula is C21H24FNO. The normalized spacial score (nSPS) is 11.8. The molecule has 0 saturated carbocycles. The van der Waals surface area contributed by atoms with Gasteiger partial charge in [0.05, 0.1) is 0 Å². The molecule has 0 fully saturated rings. The van der Waals surface area contributed by atoms with Gasteiger partial charge in [0.2, 0.25) is 0 Å². The minimum absolute atomic E-state index is 0.0343. The van der Waals surface area contributed by atoms with Crippen LogP contribution in [0.25, 0.3) is 6.08 Å². The predicted octanol–water partition coefficient (Wildman–Crippen LogP) is 4.82. The topological polar surface area (TPSA) is 20.3 Å². The van der Waals surface area contributed by atoms with Gasteiger partial charge >= 0.3 is 0 Å². The summed E-state index contributed by atoms with van der Waals surface area (Å²) >= 11 is 0. The van der Waals surface area contributed by atoms with E-state index in [2.05, 4.69) is 18.7 Å². The largest absolute Gasteiger partial charge is 0.304 e. The molecule has 2 aromatic rings. The average Bonchev–Trinajstić information content (AvgIpc) is 2.63. The van der Waals surface area contributed by atoms with Crippen LogP contribution in [0.3, 0.4) is 0 Å². The summed E-state index contributed by atoms with van der Waals surface area (Å²) in [5.74, 6) is -0.238. The van der Waals surface area contributed by atoms with E-state index in [9.17, 15) is 9.18 Å². The van der Waals surface area contributed by atoms with Crippen molar-refractivity contribution in [2.75, 3.05) is 19.6 Å². The maximum absolute atomic E-state index is 13.1. The minimum atomic E-state index is -0.272. The summed E-state index contributed by atoms with van der Waals surface area (Å²) in [6.45, 7) is 6.98. The molecule has 0 spiro atoms. The van der Waals surface area contributed by atoms with Gasteiger partial charge in [0.25, 0.3) is 0 Å². The van der Waals surface area contributed by atoms with Gasteiger partial charge in [0.15, 0.2) is 5.78 Å². The smallest absolute Gasteiger partial charge is 0.189 e. The molecule has 0 unspecified atom stereocenters. The van der Waals surface area contributed by atoms with Gasteiger partial charge in [-0.05, 0) is 43.3 Å². The van der Waals surface area contributed by atoms with E-state index in [4.69, 9.17) is 0 Å². The van der Waals surface area contributed by atoms with Gasteiger partial charge in [0, 0.05) is 17.7 Å². The molecule has 126 valence electrons. The van der Waals surface area contributed by atoms with Crippen LogP contribution in [0, 0.1) is 5.82 Å². The second-order valence-electron chi connectivity index (χ2n) is 5.69. The fourth-order valence-corrected chi connectivity index (χ4v) is 2.60. The summed E-state index contributed by atoms with van der Waals surface area (Å²) in [5.41, 5.74) is 2.28. The molecule has 3 heteroatoms. The number of Topliss-reactive ketones (excluding diaryl/α,β-unsaturated/α-hetero) is 1. The lowest BCUT2D eigenvalue weighted by molar-refractivity contribution is 0.102. The van der Waals surface area contributed by atoms with Gasteiger partial charge in [-0.2, -0.15) is 0 Å². The number of carbonyl (C=O) groups excluding carboxylic acids is 1. The monoisotopic (exact) mass is 325 g/mol. The van der Waals surface area contributed by atoms with Crippen LogP contribution in [0.4, 0.5) is 4.39 Å². The summed E-state index contributed by atoms with van der Waals surface area (Å²) in [4.78, 5) is 15.1. The molecular weight excluding hydrogens is 301 g/mol. The van der Waals surface area contributed by atoms with Gasteiger partial charge in [-0.1, -0.05) is 56.3 Å². The molecule has 24 heavy (non-hydrogen) atoms. The Hall–Kier alpha value is -2.26. The Kier molecular flexibility index (Phi) is 6.89. The van der Waals surface area contributed by atoms with Crippen LogP contribution in [0.2, 0.25) is 0 Å². The minimum Gasteiger partial charge on any atom is -0.304 e. The number of rotatable bonds is 8. The molecule has 0 heterocycles. The third-order valence-corrected chi connectivity index (χ3v) is 4.13. The lowest BCUT2D eigenvalue weighted by atomic mass is 9.98. The van der Waals surface area contributed by atoms with Crippen molar-refractivity contribution in [1.29, 1.82) is 0 Å². The van der Waals surface area contributed by atoms with Gasteiger partial charge < -0.3 is 4.90 Å². The molecule has 0 radical (unpaired) electrons. The molecule has 0 bridgehead atoms. The number of hydrogen-bond donors (Lipinski definition) is 0. The Morgan fingerprint density at radius 2 is 1.62 bits per heavy atom. The second-order valence-corrected chi connectivity index (χ2v) is 5.69. The van der Waals surface area contributed by atoms with Crippen LogP contribution in [-0.4, -0.2) is 30.3 Å². The van der Waals surface area contributed by atoms with Crippen LogP contribution in [0.1, 0.15) is 36.2 Å². The lowest BCUT2D eigenvalue weighted by Gasteiger charge is -2.18. The van der Waals surface area contributed by atoms with Gasteiger partial charge in [-0.15, -0.1) is 0 Å². The van der Waals surface area contributed by atoms with Crippen molar-refractivity contribution in [3.63, 3.8) is 0 Å². The Morgan fingerprint density at radius 3 is 2.21 bits per heavy atom. The van der Waals surface area contributed by atoms with E-state index in [0.29, 0.717) is 12.0 Å². The molecule has 0 N–H and O–H groups in total. The molecule has 0 aliphatic carbocycles. The summed E-state index contributed by atoms with van der Waals surface area (Å²) in [7, 11) is 0. The summed E-state index contributed by atoms with van der Waals surface area (Å²) < 4.78 is 13.1. The van der Waals surface area contributed by atoms with E-state index in [0.717, 1.165) is 30.8 Å². The Balaban J connectivity index is 2.26. The highest BCUT2D eigenvalue weighted by molar-refractivity contribution is 6.11. The van der Waals surface area contributed by atoms with Crippen molar-refractivity contribution < 1.29 is 9.18 Å². The number of ketones is 1. The highest BCUT2D eigenvalue weighted by Gasteiger charge is 2.13. The quantitative estimate of drug-likeness (QED) is 0.512. The first-order valence-corrected chi connectivity index (χ1v) is 8.42. The third-order valence-electron chi connectivity index (χ3n) is 4.13. The third kappa shape index (κ3) is 5.14. The molecule has 0 amide bonds. The Morgan fingerprint density at radius 1 is 1.00 bits per heavy atom. The number of hydrogen-bond acceptors (Lipinski definition) is 2. The van der Waals surface area contributed by atoms with E-state index in [1.165, 1.54) is 12.1 Å². The molecule has 0 aliphatic heterocycles. The van der Waals surface area contributed by atoms with Crippen LogP contribution >= 0.6 is 0 Å². The Labute approximate surface area is 143 Å². The SMILES string of the molecule is CCN(CC)CC/C(=C\c1ccc(F)cc1)C(=O)c1ccccc1. The number of carbonyl (C=O) groups is 1. The van der Waals surface area contributed by atoms with Gasteiger partial charge in [0.1, 0.15) is 5.82 Å². The average molecular weight is 325 g/mol. The number of nitrogens with zero attached hydrogens (tertiary/aromatic N) is 1. The van der Waals surface area contributed by atoms with Crippen LogP contribution in [-0.2, 0) is 0 Å². The highest BCUT2D eigenvalue weighted by atomic mass is 19.1. The summed E-state index contributed by atoms with van der Waals surface area (Å²) in [6.07, 6.45) is 2.55. The number of benzene rings is 2. The maximum atomic E-state index is 13.1. The number of halogens is 1. The van der Waals surface area contributed by atoms with E-state index >= 15 is 0 Å². The van der Waals surface area contributed by atoms with Gasteiger partial charge in [-0.25, -0.2) is 4.39 Å². The molecule has 2 nitrogen and oxygen atoms in total. The van der Waals surface area contributed by atoms with E-state index in [1.807, 2.05) is 36.4 Å². The van der Waals surface area contributed by atoms with Crippen LogP contribution in [0.5, 0.6) is 0 Å². The van der Waals surface area contributed by atoms with Crippen molar-refractivity contribution in [3.05, 3.63) is 77.1 Å². The van der Waals surface area contributed by atoms with Crippen molar-refractivity contribution >= 4 is 11.9 Å². The first-order chi connectivity index (χ1) is 11.6. The van der Waals surface area contributed by atoms with Crippen molar-refractivity contribution in [2.45, 2.75) is 20.3 Å². The Bertz CT molecular complexity index is 673. The first kappa shape index (κ1) is 18.1. The maximum Gasteiger partial charge on any atom is 0.189 e. The first-order valence-electron chi connectivity index (χ1n) is 8.42. The zero-order valence-corrected chi connectivity index (χ0v) is 14.3. The molecule has 0 aromatic heterocycles. The van der Waals surface area contributed by atoms with Crippen molar-refractivity contribution in [3.8, 4) is 0 Å². The fraction of sp³-hybridized carbons (Fsp3) is 0.286. The zero-order chi connectivity index (χ0) is 17.4. The summed E-state index contributed by atoms with van der Waals surface area (Å²) in [5, 5.41) is 0. The zero-order valence-electron chi connectivity index (χ0n) is 14.3. The van der Waals surface area contributed by atoms with Crippen molar-refractivity contribution in [1.82, 2.24) is 4.90 Å². The van der Waals surface area contributed by atoms with E-state index in [1.54, 1.807) is 12.1 Å². The van der Waals surface area contributed by atoms with E-state index < -0.39 is 0 Å². The van der Waals surface area contributed by atoms with Crippen LogP contribution in [0.15, 0.2) is 60.2 Å². The molecule has 0 saturated heterocycles. The van der Waals surface area contributed by atoms with Crippen LogP contribution < -0.4 is 0 Å². The van der Waals surface area contributed by atoms with Gasteiger partial charge in [-0.3, -0.25) is 4.79 Å². The molecule has 2 aromatic carbocycles. The molecule has 0 aliphatic rings. The van der Waals surface area contributed by atoms with Crippen molar-refractivity contribution in [2.24, 2.45) is 0 Å².